The van der Waals surface area contributed by atoms with Crippen LogP contribution < -0.4 is 5.56 Å². The van der Waals surface area contributed by atoms with Crippen molar-refractivity contribution in [2.45, 2.75) is 44.4 Å². The van der Waals surface area contributed by atoms with Crippen LogP contribution in [0.15, 0.2) is 35.3 Å². The van der Waals surface area contributed by atoms with Crippen LogP contribution in [0.25, 0.3) is 22.2 Å². The van der Waals surface area contributed by atoms with Crippen molar-refractivity contribution in [2.24, 2.45) is 7.05 Å². The maximum Gasteiger partial charge on any atom is 0.253 e. The Labute approximate surface area is 149 Å². The first kappa shape index (κ1) is 16.9. The molecule has 0 saturated heterocycles. The number of hydrogen-bond acceptors (Lipinski definition) is 2. The van der Waals surface area contributed by atoms with Crippen molar-refractivity contribution in [3.8, 4) is 11.1 Å². The van der Waals surface area contributed by atoms with Gasteiger partial charge in [0.15, 0.2) is 0 Å². The van der Waals surface area contributed by atoms with E-state index in [1.54, 1.807) is 18.5 Å². The highest BCUT2D eigenvalue weighted by Gasteiger charge is 2.36. The average Bonchev–Trinajstić information content (AvgIpc) is 3.02. The van der Waals surface area contributed by atoms with Crippen molar-refractivity contribution < 1.29 is 8.78 Å². The van der Waals surface area contributed by atoms with Crippen LogP contribution in [-0.2, 0) is 7.05 Å². The van der Waals surface area contributed by atoms with Gasteiger partial charge in [0.05, 0.1) is 11.0 Å². The molecule has 0 atom stereocenters. The van der Waals surface area contributed by atoms with Crippen molar-refractivity contribution in [1.29, 1.82) is 0 Å². The van der Waals surface area contributed by atoms with Gasteiger partial charge in [-0.25, -0.2) is 13.8 Å². The normalized spacial score (nSPS) is 17.7. The average molecular weight is 357 g/mol. The number of halogens is 2. The molecular weight excluding hydrogens is 336 g/mol. The van der Waals surface area contributed by atoms with Crippen molar-refractivity contribution in [1.82, 2.24) is 14.5 Å². The molecule has 136 valence electrons. The lowest BCUT2D eigenvalue weighted by atomic mass is 9.86. The van der Waals surface area contributed by atoms with E-state index in [1.165, 1.54) is 0 Å². The molecule has 1 N–H and O–H groups in total. The first-order valence-corrected chi connectivity index (χ1v) is 8.87. The second-order valence-corrected chi connectivity index (χ2v) is 7.31. The van der Waals surface area contributed by atoms with Gasteiger partial charge in [0, 0.05) is 37.6 Å². The Morgan fingerprint density at radius 2 is 1.92 bits per heavy atom. The fourth-order valence-corrected chi connectivity index (χ4v) is 3.75. The summed E-state index contributed by atoms with van der Waals surface area (Å²) >= 11 is 0. The van der Waals surface area contributed by atoms with Crippen LogP contribution in [0.4, 0.5) is 8.78 Å². The van der Waals surface area contributed by atoms with E-state index in [2.05, 4.69) is 9.97 Å². The molecule has 0 bridgehead atoms. The van der Waals surface area contributed by atoms with Gasteiger partial charge in [-0.15, -0.1) is 0 Å². The summed E-state index contributed by atoms with van der Waals surface area (Å²) in [5.41, 5.74) is 4.36. The number of aromatic nitrogens is 3. The lowest BCUT2D eigenvalue weighted by Crippen LogP contribution is -2.24. The van der Waals surface area contributed by atoms with E-state index < -0.39 is 5.92 Å². The zero-order chi connectivity index (χ0) is 18.5. The van der Waals surface area contributed by atoms with E-state index in [0.717, 1.165) is 28.0 Å². The molecule has 26 heavy (non-hydrogen) atoms. The van der Waals surface area contributed by atoms with Crippen LogP contribution >= 0.6 is 0 Å². The Balaban J connectivity index is 1.67. The molecule has 0 spiro atoms. The van der Waals surface area contributed by atoms with E-state index in [-0.39, 0.29) is 24.3 Å². The van der Waals surface area contributed by atoms with Gasteiger partial charge in [0.25, 0.3) is 5.56 Å². The number of rotatable bonds is 2. The van der Waals surface area contributed by atoms with Gasteiger partial charge in [-0.2, -0.15) is 0 Å². The number of imidazole rings is 1. The Kier molecular flexibility index (Phi) is 3.93. The minimum Gasteiger partial charge on any atom is -0.342 e. The third-order valence-corrected chi connectivity index (χ3v) is 5.30. The van der Waals surface area contributed by atoms with E-state index in [9.17, 15) is 13.6 Å². The summed E-state index contributed by atoms with van der Waals surface area (Å²) in [5.74, 6) is -1.67. The molecule has 4 rings (SSSR count). The van der Waals surface area contributed by atoms with Crippen LogP contribution in [-0.4, -0.2) is 20.5 Å². The van der Waals surface area contributed by atoms with E-state index in [0.29, 0.717) is 18.4 Å². The summed E-state index contributed by atoms with van der Waals surface area (Å²) in [4.78, 5) is 19.8. The number of aromatic amines is 1. The maximum absolute atomic E-state index is 13.4. The number of H-pyrrole nitrogens is 1. The number of fused-ring (bicyclic) bond motifs is 1. The predicted molar refractivity (Wildman–Crippen MR) is 97.7 cm³/mol. The molecule has 1 aromatic carbocycles. The minimum absolute atomic E-state index is 0.00671. The Bertz CT molecular complexity index is 999. The topological polar surface area (TPSA) is 50.7 Å². The Hall–Kier alpha value is -2.50. The van der Waals surface area contributed by atoms with E-state index in [1.807, 2.05) is 30.5 Å². The number of pyridine rings is 1. The standard InChI is InChI=1S/C20H21F2N3O/c1-12-9-15(11-25(2)19(12)26)14-3-4-16-17(10-14)24-18(23-16)13-5-7-20(21,22)8-6-13/h3-4,9-11,13H,5-8H2,1-2H3,(H,23,24). The fourth-order valence-electron chi connectivity index (χ4n) is 3.75. The van der Waals surface area contributed by atoms with E-state index >= 15 is 0 Å². The van der Waals surface area contributed by atoms with Gasteiger partial charge in [0.1, 0.15) is 5.82 Å². The van der Waals surface area contributed by atoms with E-state index in [4.69, 9.17) is 0 Å². The largest absolute Gasteiger partial charge is 0.342 e. The number of alkyl halides is 2. The first-order valence-electron chi connectivity index (χ1n) is 8.87. The van der Waals surface area contributed by atoms with Gasteiger partial charge < -0.3 is 9.55 Å². The second-order valence-electron chi connectivity index (χ2n) is 7.31. The zero-order valence-corrected chi connectivity index (χ0v) is 14.9. The summed E-state index contributed by atoms with van der Waals surface area (Å²) in [7, 11) is 1.74. The summed E-state index contributed by atoms with van der Waals surface area (Å²) in [6.07, 6.45) is 2.59. The second kappa shape index (κ2) is 6.04. The number of aryl methyl sites for hydroxylation is 2. The molecular formula is C20H21F2N3O. The predicted octanol–water partition coefficient (Wildman–Crippen LogP) is 4.53. The summed E-state index contributed by atoms with van der Waals surface area (Å²) in [6.45, 7) is 1.80. The van der Waals surface area contributed by atoms with Crippen LogP contribution in [0.3, 0.4) is 0 Å². The zero-order valence-electron chi connectivity index (χ0n) is 14.9. The summed E-state index contributed by atoms with van der Waals surface area (Å²) < 4.78 is 28.3. The molecule has 1 saturated carbocycles. The monoisotopic (exact) mass is 357 g/mol. The molecule has 0 radical (unpaired) electrons. The van der Waals surface area contributed by atoms with Crippen LogP contribution in [0, 0.1) is 6.92 Å². The Morgan fingerprint density at radius 3 is 2.62 bits per heavy atom. The lowest BCUT2D eigenvalue weighted by Gasteiger charge is -2.26. The van der Waals surface area contributed by atoms with Gasteiger partial charge >= 0.3 is 0 Å². The van der Waals surface area contributed by atoms with Crippen molar-refractivity contribution in [2.75, 3.05) is 0 Å². The number of hydrogen-bond donors (Lipinski definition) is 1. The van der Waals surface area contributed by atoms with Crippen LogP contribution in [0.5, 0.6) is 0 Å². The van der Waals surface area contributed by atoms with Gasteiger partial charge in [-0.05, 0) is 49.1 Å². The molecule has 2 aromatic heterocycles. The smallest absolute Gasteiger partial charge is 0.253 e. The molecule has 3 aromatic rings. The summed E-state index contributed by atoms with van der Waals surface area (Å²) in [6, 6.07) is 7.79. The highest BCUT2D eigenvalue weighted by molar-refractivity contribution is 5.82. The molecule has 1 aliphatic carbocycles. The quantitative estimate of drug-likeness (QED) is 0.732. The SMILES string of the molecule is Cc1cc(-c2ccc3nc(C4CCC(F)(F)CC4)[nH]c3c2)cn(C)c1=O. The molecule has 6 heteroatoms. The first-order chi connectivity index (χ1) is 12.3. The lowest BCUT2D eigenvalue weighted by molar-refractivity contribution is -0.0387. The Morgan fingerprint density at radius 1 is 1.19 bits per heavy atom. The fraction of sp³-hybridized carbons (Fsp3) is 0.400. The third-order valence-electron chi connectivity index (χ3n) is 5.30. The highest BCUT2D eigenvalue weighted by atomic mass is 19.3. The van der Waals surface area contributed by atoms with Crippen molar-refractivity contribution in [3.63, 3.8) is 0 Å². The molecule has 4 nitrogen and oxygen atoms in total. The number of nitrogens with one attached hydrogen (secondary N) is 1. The molecule has 2 heterocycles. The maximum atomic E-state index is 13.4. The molecule has 0 amide bonds. The third kappa shape index (κ3) is 3.04. The van der Waals surface area contributed by atoms with Crippen LogP contribution in [0.2, 0.25) is 0 Å². The van der Waals surface area contributed by atoms with Gasteiger partial charge in [-0.3, -0.25) is 4.79 Å². The highest BCUT2D eigenvalue weighted by Crippen LogP contribution is 2.40. The molecule has 1 fully saturated rings. The number of benzene rings is 1. The minimum atomic E-state index is -2.53. The van der Waals surface area contributed by atoms with Gasteiger partial charge in [-0.1, -0.05) is 6.07 Å². The number of nitrogens with zero attached hydrogens (tertiary/aromatic N) is 2. The molecule has 0 unspecified atom stereocenters. The molecule has 1 aliphatic rings. The summed E-state index contributed by atoms with van der Waals surface area (Å²) in [5, 5.41) is 0. The molecule has 0 aliphatic heterocycles. The van der Waals surface area contributed by atoms with Crippen molar-refractivity contribution >= 4 is 11.0 Å². The van der Waals surface area contributed by atoms with Gasteiger partial charge in [0.2, 0.25) is 5.92 Å². The van der Waals surface area contributed by atoms with Crippen molar-refractivity contribution in [3.05, 3.63) is 52.2 Å². The van der Waals surface area contributed by atoms with Crippen LogP contribution in [0.1, 0.15) is 43.0 Å².